The molecule has 5 rings (SSSR count). The molecule has 1 unspecified atom stereocenters. The monoisotopic (exact) mass is 545 g/mol. The number of aliphatic hydroxyl groups excluding tert-OH is 1. The molecule has 41 heavy (non-hydrogen) atoms. The number of phenolic OH excluding ortho intramolecular Hbond substituents is 1. The van der Waals surface area contributed by atoms with E-state index in [4.69, 9.17) is 0 Å². The third-order valence-corrected chi connectivity index (χ3v) is 7.08. The zero-order chi connectivity index (χ0) is 28.6. The zero-order valence-corrected chi connectivity index (χ0v) is 22.4. The van der Waals surface area contributed by atoms with Gasteiger partial charge >= 0.3 is 0 Å². The molecule has 5 aromatic rings. The zero-order valence-electron chi connectivity index (χ0n) is 22.4. The normalized spacial score (nSPS) is 11.8. The summed E-state index contributed by atoms with van der Waals surface area (Å²) in [6.07, 6.45) is 2.27. The van der Waals surface area contributed by atoms with Crippen LogP contribution >= 0.6 is 0 Å². The number of aliphatic hydroxyl groups is 1. The minimum absolute atomic E-state index is 0.0479. The largest absolute Gasteiger partial charge is 0.506 e. The van der Waals surface area contributed by atoms with E-state index in [-0.39, 0.29) is 11.7 Å². The molecule has 4 aromatic carbocycles. The first kappa shape index (κ1) is 27.6. The lowest BCUT2D eigenvalue weighted by Gasteiger charge is -2.20. The van der Waals surface area contributed by atoms with Crippen molar-refractivity contribution in [2.45, 2.75) is 18.4 Å². The minimum atomic E-state index is -1.10. The van der Waals surface area contributed by atoms with Gasteiger partial charge in [0.05, 0.1) is 6.61 Å². The Morgan fingerprint density at radius 3 is 2.17 bits per heavy atom. The number of carbonyl (C=O) groups is 2. The van der Waals surface area contributed by atoms with E-state index in [1.807, 2.05) is 54.6 Å². The number of benzene rings is 4. The van der Waals surface area contributed by atoms with Crippen LogP contribution in [0.5, 0.6) is 5.75 Å². The van der Waals surface area contributed by atoms with E-state index in [0.29, 0.717) is 24.0 Å². The first-order valence-electron chi connectivity index (χ1n) is 13.5. The predicted octanol–water partition coefficient (Wildman–Crippen LogP) is 5.04. The molecule has 7 nitrogen and oxygen atoms in total. The lowest BCUT2D eigenvalue weighted by Crippen LogP contribution is -2.49. The molecule has 0 aliphatic carbocycles. The summed E-state index contributed by atoms with van der Waals surface area (Å²) in [5, 5.41) is 26.6. The van der Waals surface area contributed by atoms with Gasteiger partial charge in [-0.15, -0.1) is 0 Å². The third-order valence-electron chi connectivity index (χ3n) is 7.08. The van der Waals surface area contributed by atoms with E-state index in [9.17, 15) is 19.8 Å². The van der Waals surface area contributed by atoms with Crippen LogP contribution in [0.25, 0.3) is 22.0 Å². The Kier molecular flexibility index (Phi) is 8.67. The molecule has 0 fully saturated rings. The lowest BCUT2D eigenvalue weighted by atomic mass is 9.88. The molecule has 1 atom stereocenters. The maximum absolute atomic E-state index is 13.1. The summed E-state index contributed by atoms with van der Waals surface area (Å²) in [5.41, 5.74) is 4.57. The van der Waals surface area contributed by atoms with Gasteiger partial charge in [0.1, 0.15) is 17.3 Å². The average molecular weight is 546 g/mol. The van der Waals surface area contributed by atoms with Crippen molar-refractivity contribution in [1.82, 2.24) is 15.6 Å². The quantitative estimate of drug-likeness (QED) is 0.197. The molecule has 0 aliphatic heterocycles. The highest BCUT2D eigenvalue weighted by atomic mass is 16.3. The van der Waals surface area contributed by atoms with Crippen LogP contribution in [0.4, 0.5) is 0 Å². The number of nitrogens with one attached hydrogen (secondary N) is 2. The number of pyridine rings is 1. The number of hydrogen-bond donors (Lipinski definition) is 4. The average Bonchev–Trinajstić information content (AvgIpc) is 3.02. The van der Waals surface area contributed by atoms with Gasteiger partial charge in [-0.3, -0.25) is 14.6 Å². The van der Waals surface area contributed by atoms with Crippen LogP contribution in [0.2, 0.25) is 0 Å². The first-order chi connectivity index (χ1) is 20.0. The highest BCUT2D eigenvalue weighted by molar-refractivity contribution is 5.99. The number of aromatic nitrogens is 1. The van der Waals surface area contributed by atoms with Crippen LogP contribution in [-0.2, 0) is 4.79 Å². The maximum atomic E-state index is 13.1. The van der Waals surface area contributed by atoms with Crippen molar-refractivity contribution in [3.63, 3.8) is 0 Å². The third kappa shape index (κ3) is 6.59. The fraction of sp³-hybridized carbons (Fsp3) is 0.147. The molecule has 0 aliphatic rings. The van der Waals surface area contributed by atoms with Gasteiger partial charge in [0.25, 0.3) is 5.91 Å². The molecular weight excluding hydrogens is 514 g/mol. The Labute approximate surface area is 238 Å². The molecule has 4 N–H and O–H groups in total. The van der Waals surface area contributed by atoms with Gasteiger partial charge in [0, 0.05) is 29.6 Å². The summed E-state index contributed by atoms with van der Waals surface area (Å²) in [7, 11) is 0. The van der Waals surface area contributed by atoms with Crippen molar-refractivity contribution in [3.05, 3.63) is 132 Å². The second-order valence-corrected chi connectivity index (χ2v) is 9.81. The van der Waals surface area contributed by atoms with E-state index in [1.165, 1.54) is 0 Å². The van der Waals surface area contributed by atoms with Crippen LogP contribution in [0.3, 0.4) is 0 Å². The molecule has 7 heteroatoms. The van der Waals surface area contributed by atoms with Crippen molar-refractivity contribution in [3.8, 4) is 16.9 Å². The van der Waals surface area contributed by atoms with Gasteiger partial charge in [0.2, 0.25) is 5.91 Å². The molecule has 1 aromatic heterocycles. The number of rotatable bonds is 10. The summed E-state index contributed by atoms with van der Waals surface area (Å²) in [5.74, 6) is -0.803. The number of aromatic hydroxyl groups is 1. The lowest BCUT2D eigenvalue weighted by molar-refractivity contribution is -0.123. The molecule has 0 spiro atoms. The van der Waals surface area contributed by atoms with Crippen molar-refractivity contribution in [2.24, 2.45) is 0 Å². The Hall–Kier alpha value is -5.01. The smallest absolute Gasteiger partial charge is 0.252 e. The van der Waals surface area contributed by atoms with Gasteiger partial charge < -0.3 is 20.8 Å². The van der Waals surface area contributed by atoms with E-state index in [2.05, 4.69) is 39.9 Å². The van der Waals surface area contributed by atoms with Gasteiger partial charge in [-0.05, 0) is 59.0 Å². The van der Waals surface area contributed by atoms with Crippen LogP contribution in [0, 0.1) is 0 Å². The number of phenols is 1. The Morgan fingerprint density at radius 2 is 1.49 bits per heavy atom. The molecule has 0 saturated carbocycles. The Bertz CT molecular complexity index is 1600. The second-order valence-electron chi connectivity index (χ2n) is 9.81. The summed E-state index contributed by atoms with van der Waals surface area (Å²) in [4.78, 5) is 30.2. The van der Waals surface area contributed by atoms with Crippen molar-refractivity contribution < 1.29 is 19.8 Å². The standard InChI is InChI=1S/C34H31N3O4/c38-22-30(34(41)36-18-16-29(23-9-3-1-4-10-23)24-11-5-2-6-12-24)37-33(40)27-14-7-13-25(19-27)28-20-26-15-8-17-35-32(26)31(39)21-28/h1-15,17,19-21,29-30,38-39H,16,18,22H2,(H,36,41)(H,37,40). The number of hydrogen-bond acceptors (Lipinski definition) is 5. The van der Waals surface area contributed by atoms with Gasteiger partial charge in [-0.2, -0.15) is 0 Å². The number of nitrogens with zero attached hydrogens (tertiary/aromatic N) is 1. The van der Waals surface area contributed by atoms with Gasteiger partial charge in [-0.1, -0.05) is 78.9 Å². The topological polar surface area (TPSA) is 112 Å². The van der Waals surface area contributed by atoms with Crippen LogP contribution in [0.1, 0.15) is 33.8 Å². The predicted molar refractivity (Wildman–Crippen MR) is 160 cm³/mol. The molecule has 0 bridgehead atoms. The summed E-state index contributed by atoms with van der Waals surface area (Å²) in [6, 6.07) is 33.1. The van der Waals surface area contributed by atoms with Crippen LogP contribution < -0.4 is 10.6 Å². The molecule has 1 heterocycles. The fourth-order valence-corrected chi connectivity index (χ4v) is 4.97. The van der Waals surface area contributed by atoms with E-state index >= 15 is 0 Å². The summed E-state index contributed by atoms with van der Waals surface area (Å²) in [6.45, 7) is -0.168. The SMILES string of the molecule is O=C(NC(CO)C(=O)NCCC(c1ccccc1)c1ccccc1)c1cccc(-c2cc(O)c3ncccc3c2)c1. The number of carbonyl (C=O) groups excluding carboxylic acids is 2. The van der Waals surface area contributed by atoms with E-state index < -0.39 is 24.5 Å². The van der Waals surface area contributed by atoms with E-state index in [0.717, 1.165) is 27.6 Å². The molecule has 0 saturated heterocycles. The maximum Gasteiger partial charge on any atom is 0.252 e. The molecule has 206 valence electrons. The molecule has 0 radical (unpaired) electrons. The van der Waals surface area contributed by atoms with Crippen molar-refractivity contribution in [2.75, 3.05) is 13.2 Å². The highest BCUT2D eigenvalue weighted by Gasteiger charge is 2.22. The summed E-state index contributed by atoms with van der Waals surface area (Å²) < 4.78 is 0. The second kappa shape index (κ2) is 12.9. The van der Waals surface area contributed by atoms with Crippen molar-refractivity contribution in [1.29, 1.82) is 0 Å². The Balaban J connectivity index is 1.24. The highest BCUT2D eigenvalue weighted by Crippen LogP contribution is 2.31. The van der Waals surface area contributed by atoms with Crippen LogP contribution in [0.15, 0.2) is 115 Å². The minimum Gasteiger partial charge on any atom is -0.506 e. The number of amides is 2. The Morgan fingerprint density at radius 1 is 0.780 bits per heavy atom. The first-order valence-corrected chi connectivity index (χ1v) is 13.5. The van der Waals surface area contributed by atoms with Crippen LogP contribution in [-0.4, -0.2) is 46.2 Å². The molecular formula is C34H31N3O4. The fourth-order valence-electron chi connectivity index (χ4n) is 4.97. The molecule has 2 amide bonds. The van der Waals surface area contributed by atoms with Crippen molar-refractivity contribution >= 4 is 22.7 Å². The van der Waals surface area contributed by atoms with E-state index in [1.54, 1.807) is 36.5 Å². The van der Waals surface area contributed by atoms with Gasteiger partial charge in [0.15, 0.2) is 0 Å². The summed E-state index contributed by atoms with van der Waals surface area (Å²) >= 11 is 0. The van der Waals surface area contributed by atoms with Gasteiger partial charge in [-0.25, -0.2) is 0 Å². The number of fused-ring (bicyclic) bond motifs is 1.